The van der Waals surface area contributed by atoms with E-state index in [1.54, 1.807) is 42.9 Å². The number of aromatic amines is 1. The number of pyridine rings is 1. The zero-order chi connectivity index (χ0) is 23.5. The van der Waals surface area contributed by atoms with Crippen LogP contribution in [0.5, 0.6) is 0 Å². The van der Waals surface area contributed by atoms with E-state index >= 15 is 0 Å². The average Bonchev–Trinajstić information content (AvgIpc) is 3.18. The highest BCUT2D eigenvalue weighted by Gasteiger charge is 2.19. The molecular weight excluding hydrogens is 454 g/mol. The number of hydrogen-bond donors (Lipinski definition) is 1. The Kier molecular flexibility index (Phi) is 6.07. The summed E-state index contributed by atoms with van der Waals surface area (Å²) in [5.74, 6) is 0. The van der Waals surface area contributed by atoms with Crippen molar-refractivity contribution in [3.63, 3.8) is 0 Å². The summed E-state index contributed by atoms with van der Waals surface area (Å²) in [5, 5.41) is 3.79. The maximum absolute atomic E-state index is 13.5. The van der Waals surface area contributed by atoms with Crippen LogP contribution in [0.1, 0.15) is 17.0 Å². The maximum atomic E-state index is 13.5. The van der Waals surface area contributed by atoms with Gasteiger partial charge in [0.1, 0.15) is 0 Å². The van der Waals surface area contributed by atoms with Gasteiger partial charge in [0, 0.05) is 18.5 Å². The lowest BCUT2D eigenvalue weighted by atomic mass is 10.2. The molecule has 0 bridgehead atoms. The molecule has 170 valence electrons. The molecular formula is C25H20ClN5O3. The number of rotatable bonds is 7. The van der Waals surface area contributed by atoms with Crippen LogP contribution < -0.4 is 11.1 Å². The molecule has 0 amide bonds. The smallest absolute Gasteiger partial charge is 0.281 e. The summed E-state index contributed by atoms with van der Waals surface area (Å²) in [6.07, 6.45) is 4.71. The monoisotopic (exact) mass is 473 g/mol. The van der Waals surface area contributed by atoms with Gasteiger partial charge in [0.05, 0.1) is 59.0 Å². The molecule has 0 aliphatic heterocycles. The van der Waals surface area contributed by atoms with E-state index in [1.807, 2.05) is 30.3 Å². The Bertz CT molecular complexity index is 1560. The fourth-order valence-corrected chi connectivity index (χ4v) is 4.07. The highest BCUT2D eigenvalue weighted by Crippen LogP contribution is 2.21. The van der Waals surface area contributed by atoms with Gasteiger partial charge < -0.3 is 9.30 Å². The molecule has 0 fully saturated rings. The SMILES string of the molecule is O=c1c2c(COCc3ccccc3)n(Cc3cnccn3)c(=O)cc2[nH]n1-c1ccccc1Cl. The summed E-state index contributed by atoms with van der Waals surface area (Å²) in [4.78, 5) is 35.0. The Morgan fingerprint density at radius 1 is 0.971 bits per heavy atom. The van der Waals surface area contributed by atoms with Crippen LogP contribution in [0, 0.1) is 0 Å². The Morgan fingerprint density at radius 3 is 2.53 bits per heavy atom. The van der Waals surface area contributed by atoms with Crippen molar-refractivity contribution < 1.29 is 4.74 Å². The summed E-state index contributed by atoms with van der Waals surface area (Å²) < 4.78 is 8.81. The van der Waals surface area contributed by atoms with Gasteiger partial charge in [-0.1, -0.05) is 54.1 Å². The van der Waals surface area contributed by atoms with E-state index in [4.69, 9.17) is 16.3 Å². The third-order valence-corrected chi connectivity index (χ3v) is 5.77. The van der Waals surface area contributed by atoms with Gasteiger partial charge in [-0.15, -0.1) is 0 Å². The Balaban J connectivity index is 1.63. The van der Waals surface area contributed by atoms with Crippen LogP contribution in [0.25, 0.3) is 16.6 Å². The topological polar surface area (TPSA) is 94.8 Å². The molecule has 1 N–H and O–H groups in total. The lowest BCUT2D eigenvalue weighted by Crippen LogP contribution is -2.26. The molecule has 0 aliphatic rings. The molecule has 8 nitrogen and oxygen atoms in total. The summed E-state index contributed by atoms with van der Waals surface area (Å²) >= 11 is 6.33. The number of fused-ring (bicyclic) bond motifs is 1. The third-order valence-electron chi connectivity index (χ3n) is 5.45. The predicted molar refractivity (Wildman–Crippen MR) is 129 cm³/mol. The summed E-state index contributed by atoms with van der Waals surface area (Å²) in [6, 6.07) is 18.1. The van der Waals surface area contributed by atoms with Crippen molar-refractivity contribution in [1.82, 2.24) is 24.3 Å². The molecule has 0 atom stereocenters. The minimum Gasteiger partial charge on any atom is -0.371 e. The van der Waals surface area contributed by atoms with Gasteiger partial charge in [-0.25, -0.2) is 4.68 Å². The number of para-hydroxylation sites is 1. The van der Waals surface area contributed by atoms with E-state index in [9.17, 15) is 9.59 Å². The van der Waals surface area contributed by atoms with Crippen molar-refractivity contribution in [2.24, 2.45) is 0 Å². The zero-order valence-electron chi connectivity index (χ0n) is 18.0. The van der Waals surface area contributed by atoms with Gasteiger partial charge in [0.15, 0.2) is 0 Å². The minimum atomic E-state index is -0.325. The Morgan fingerprint density at radius 2 is 1.76 bits per heavy atom. The van der Waals surface area contributed by atoms with Gasteiger partial charge in [-0.05, 0) is 17.7 Å². The largest absolute Gasteiger partial charge is 0.371 e. The molecule has 5 aromatic rings. The molecule has 34 heavy (non-hydrogen) atoms. The van der Waals surface area contributed by atoms with Crippen molar-refractivity contribution in [2.75, 3.05) is 0 Å². The third kappa shape index (κ3) is 4.28. The van der Waals surface area contributed by atoms with Crippen LogP contribution >= 0.6 is 11.6 Å². The second-order valence-electron chi connectivity index (χ2n) is 7.68. The van der Waals surface area contributed by atoms with Crippen molar-refractivity contribution in [1.29, 1.82) is 0 Å². The molecule has 3 heterocycles. The summed E-state index contributed by atoms with van der Waals surface area (Å²) in [5.41, 5.74) is 2.32. The van der Waals surface area contributed by atoms with Crippen LogP contribution in [0.4, 0.5) is 0 Å². The molecule has 0 spiro atoms. The van der Waals surface area contributed by atoms with Gasteiger partial charge in [0.2, 0.25) is 0 Å². The molecule has 9 heteroatoms. The first-order valence-corrected chi connectivity index (χ1v) is 11.0. The van der Waals surface area contributed by atoms with Crippen molar-refractivity contribution in [2.45, 2.75) is 19.8 Å². The lowest BCUT2D eigenvalue weighted by Gasteiger charge is -2.13. The van der Waals surface area contributed by atoms with Crippen molar-refractivity contribution >= 4 is 22.5 Å². The standard InChI is InChI=1S/C25H20ClN5O3/c26-19-8-4-5-9-21(19)31-25(33)24-20(29-31)12-23(32)30(14-18-13-27-10-11-28-18)22(24)16-34-15-17-6-2-1-3-7-17/h1-13,29H,14-16H2. The fraction of sp³-hybridized carbons (Fsp3) is 0.120. The van der Waals surface area contributed by atoms with Crippen molar-refractivity contribution in [3.8, 4) is 5.69 Å². The molecule has 0 radical (unpaired) electrons. The molecule has 3 aromatic heterocycles. The minimum absolute atomic E-state index is 0.0529. The van der Waals surface area contributed by atoms with Gasteiger partial charge in [-0.3, -0.25) is 24.7 Å². The highest BCUT2D eigenvalue weighted by atomic mass is 35.5. The summed E-state index contributed by atoms with van der Waals surface area (Å²) in [6.45, 7) is 0.542. The molecule has 2 aromatic carbocycles. The Hall–Kier alpha value is -4.01. The molecule has 0 saturated carbocycles. The Labute approximate surface area is 199 Å². The van der Waals surface area contributed by atoms with Crippen LogP contribution in [-0.4, -0.2) is 24.3 Å². The second kappa shape index (κ2) is 9.46. The number of hydrogen-bond acceptors (Lipinski definition) is 5. The van der Waals surface area contributed by atoms with Crippen LogP contribution in [0.3, 0.4) is 0 Å². The summed E-state index contributed by atoms with van der Waals surface area (Å²) in [7, 11) is 0. The first kappa shape index (κ1) is 21.8. The van der Waals surface area contributed by atoms with E-state index < -0.39 is 0 Å². The van der Waals surface area contributed by atoms with Crippen LogP contribution in [-0.2, 0) is 24.5 Å². The quantitative estimate of drug-likeness (QED) is 0.389. The number of halogens is 1. The molecule has 0 aliphatic carbocycles. The van der Waals surface area contributed by atoms with E-state index in [0.29, 0.717) is 39.6 Å². The van der Waals surface area contributed by atoms with Gasteiger partial charge in [-0.2, -0.15) is 0 Å². The zero-order valence-corrected chi connectivity index (χ0v) is 18.8. The molecule has 0 saturated heterocycles. The lowest BCUT2D eigenvalue weighted by molar-refractivity contribution is 0.103. The van der Waals surface area contributed by atoms with Gasteiger partial charge in [0.25, 0.3) is 11.1 Å². The number of H-pyrrole nitrogens is 1. The van der Waals surface area contributed by atoms with E-state index in [0.717, 1.165) is 5.56 Å². The fourth-order valence-electron chi connectivity index (χ4n) is 3.85. The predicted octanol–water partition coefficient (Wildman–Crippen LogP) is 3.69. The van der Waals surface area contributed by atoms with E-state index in [-0.39, 0.29) is 24.3 Å². The molecule has 5 rings (SSSR count). The number of nitrogens with zero attached hydrogens (tertiary/aromatic N) is 4. The normalized spacial score (nSPS) is 11.2. The van der Waals surface area contributed by atoms with Crippen molar-refractivity contribution in [3.05, 3.63) is 122 Å². The van der Waals surface area contributed by atoms with E-state index in [1.165, 1.54) is 15.3 Å². The highest BCUT2D eigenvalue weighted by molar-refractivity contribution is 6.32. The number of ether oxygens (including phenoxy) is 1. The van der Waals surface area contributed by atoms with Crippen LogP contribution in [0.2, 0.25) is 5.02 Å². The van der Waals surface area contributed by atoms with E-state index in [2.05, 4.69) is 15.1 Å². The number of benzene rings is 2. The molecule has 0 unspecified atom stereocenters. The maximum Gasteiger partial charge on any atom is 0.281 e. The number of aromatic nitrogens is 5. The first-order chi connectivity index (χ1) is 16.6. The second-order valence-corrected chi connectivity index (χ2v) is 8.09. The first-order valence-electron chi connectivity index (χ1n) is 10.6. The van der Waals surface area contributed by atoms with Crippen LogP contribution in [0.15, 0.2) is 88.8 Å². The van der Waals surface area contributed by atoms with Gasteiger partial charge >= 0.3 is 0 Å². The number of nitrogens with one attached hydrogen (secondary N) is 1. The average molecular weight is 474 g/mol.